The Morgan fingerprint density at radius 3 is 2.64 bits per heavy atom. The van der Waals surface area contributed by atoms with Crippen molar-refractivity contribution in [1.29, 1.82) is 0 Å². The summed E-state index contributed by atoms with van der Waals surface area (Å²) in [5, 5.41) is 4.03. The molecule has 0 saturated heterocycles. The first-order valence-electron chi connectivity index (χ1n) is 7.89. The van der Waals surface area contributed by atoms with Crippen molar-refractivity contribution in [2.24, 2.45) is 16.5 Å². The molecule has 0 spiro atoms. The number of guanidine groups is 1. The van der Waals surface area contributed by atoms with Crippen LogP contribution in [0.4, 0.5) is 4.39 Å². The quantitative estimate of drug-likeness (QED) is 0.551. The van der Waals surface area contributed by atoms with E-state index >= 15 is 0 Å². The molecule has 0 bridgehead atoms. The van der Waals surface area contributed by atoms with Crippen molar-refractivity contribution in [2.75, 3.05) is 0 Å². The van der Waals surface area contributed by atoms with E-state index in [-0.39, 0.29) is 24.2 Å². The predicted octanol–water partition coefficient (Wildman–Crippen LogP) is 3.41. The van der Waals surface area contributed by atoms with Crippen LogP contribution in [0.1, 0.15) is 29.7 Å². The molecule has 1 heterocycles. The summed E-state index contributed by atoms with van der Waals surface area (Å²) >= 11 is 0. The van der Waals surface area contributed by atoms with Gasteiger partial charge in [-0.05, 0) is 17.2 Å². The molecule has 2 aromatic carbocycles. The molecule has 6 heteroatoms. The zero-order chi connectivity index (χ0) is 17.8. The summed E-state index contributed by atoms with van der Waals surface area (Å²) in [6.07, 6.45) is 1.51. The third kappa shape index (κ3) is 3.68. The molecule has 0 fully saturated rings. The average Bonchev–Trinajstić information content (AvgIpc) is 3.08. The van der Waals surface area contributed by atoms with E-state index in [9.17, 15) is 4.39 Å². The summed E-state index contributed by atoms with van der Waals surface area (Å²) in [6, 6.07) is 14.7. The number of hydrogen-bond acceptors (Lipinski definition) is 3. The summed E-state index contributed by atoms with van der Waals surface area (Å²) in [5.41, 5.74) is 14.4. The smallest absolute Gasteiger partial charge is 0.186 e. The lowest BCUT2D eigenvalue weighted by atomic mass is 9.93. The molecule has 128 valence electrons. The summed E-state index contributed by atoms with van der Waals surface area (Å²) in [6.45, 7) is 2.21. The minimum Gasteiger partial charge on any atom is -0.370 e. The van der Waals surface area contributed by atoms with E-state index in [2.05, 4.69) is 10.1 Å². The highest BCUT2D eigenvalue weighted by Gasteiger charge is 2.18. The molecule has 25 heavy (non-hydrogen) atoms. The van der Waals surface area contributed by atoms with Gasteiger partial charge in [-0.25, -0.2) is 9.38 Å². The van der Waals surface area contributed by atoms with E-state index in [1.165, 1.54) is 12.3 Å². The van der Waals surface area contributed by atoms with Gasteiger partial charge in [0.15, 0.2) is 5.96 Å². The molecule has 4 N–H and O–H groups in total. The largest absolute Gasteiger partial charge is 0.370 e. The Morgan fingerprint density at radius 1 is 1.20 bits per heavy atom. The third-order valence-electron chi connectivity index (χ3n) is 4.10. The normalized spacial score (nSPS) is 11.9. The zero-order valence-electron chi connectivity index (χ0n) is 13.8. The highest BCUT2D eigenvalue weighted by atomic mass is 19.1. The van der Waals surface area contributed by atoms with Crippen LogP contribution in [-0.4, -0.2) is 11.1 Å². The van der Waals surface area contributed by atoms with E-state index in [1.807, 2.05) is 43.3 Å². The SMILES string of the molecule is CC(c1ccc(-c2ccccc2)c(F)c1)c1nocc1CN=C(N)N. The number of hydrogen-bond donors (Lipinski definition) is 2. The number of aliphatic imine (C=N–C) groups is 1. The molecule has 3 rings (SSSR count). The van der Waals surface area contributed by atoms with E-state index in [0.29, 0.717) is 11.3 Å². The molecule has 1 unspecified atom stereocenters. The van der Waals surface area contributed by atoms with E-state index in [1.54, 1.807) is 6.07 Å². The van der Waals surface area contributed by atoms with Gasteiger partial charge >= 0.3 is 0 Å². The summed E-state index contributed by atoms with van der Waals surface area (Å²) in [5.74, 6) is -0.426. The van der Waals surface area contributed by atoms with Crippen LogP contribution >= 0.6 is 0 Å². The molecule has 0 aliphatic heterocycles. The lowest BCUT2D eigenvalue weighted by Crippen LogP contribution is -2.22. The van der Waals surface area contributed by atoms with Gasteiger partial charge in [0, 0.05) is 17.0 Å². The Bertz CT molecular complexity index is 885. The van der Waals surface area contributed by atoms with Crippen LogP contribution in [0, 0.1) is 5.82 Å². The highest BCUT2D eigenvalue weighted by molar-refractivity contribution is 5.75. The minimum atomic E-state index is -0.273. The lowest BCUT2D eigenvalue weighted by molar-refractivity contribution is 0.409. The van der Waals surface area contributed by atoms with Crippen molar-refractivity contribution < 1.29 is 8.91 Å². The second-order valence-electron chi connectivity index (χ2n) is 5.79. The summed E-state index contributed by atoms with van der Waals surface area (Å²) < 4.78 is 19.6. The van der Waals surface area contributed by atoms with Crippen LogP contribution in [-0.2, 0) is 6.54 Å². The molecule has 1 atom stereocenters. The summed E-state index contributed by atoms with van der Waals surface area (Å²) in [4.78, 5) is 3.97. The van der Waals surface area contributed by atoms with Crippen molar-refractivity contribution in [1.82, 2.24) is 5.16 Å². The molecular weight excluding hydrogens is 319 g/mol. The fourth-order valence-corrected chi connectivity index (χ4v) is 2.73. The standard InChI is InChI=1S/C19H19FN4O/c1-12(18-15(11-25-24-18)10-23-19(21)22)14-7-8-16(17(20)9-14)13-5-3-2-4-6-13/h2-9,11-12H,10H2,1H3,(H4,21,22,23). The van der Waals surface area contributed by atoms with Crippen molar-refractivity contribution in [3.63, 3.8) is 0 Å². The van der Waals surface area contributed by atoms with Crippen molar-refractivity contribution >= 4 is 5.96 Å². The second-order valence-corrected chi connectivity index (χ2v) is 5.79. The molecule has 0 radical (unpaired) electrons. The Kier molecular flexibility index (Phi) is 4.79. The van der Waals surface area contributed by atoms with Gasteiger partial charge in [-0.1, -0.05) is 54.5 Å². The van der Waals surface area contributed by atoms with Gasteiger partial charge in [-0.15, -0.1) is 0 Å². The fourth-order valence-electron chi connectivity index (χ4n) is 2.73. The molecule has 0 aliphatic carbocycles. The third-order valence-corrected chi connectivity index (χ3v) is 4.10. The topological polar surface area (TPSA) is 90.4 Å². The van der Waals surface area contributed by atoms with Gasteiger partial charge < -0.3 is 16.0 Å². The lowest BCUT2D eigenvalue weighted by Gasteiger charge is -2.12. The zero-order valence-corrected chi connectivity index (χ0v) is 13.8. The van der Waals surface area contributed by atoms with Gasteiger partial charge in [0.2, 0.25) is 0 Å². The van der Waals surface area contributed by atoms with Crippen molar-refractivity contribution in [3.8, 4) is 11.1 Å². The molecule has 0 saturated carbocycles. The van der Waals surface area contributed by atoms with Gasteiger partial charge in [-0.3, -0.25) is 0 Å². The number of halogens is 1. The Morgan fingerprint density at radius 2 is 1.96 bits per heavy atom. The van der Waals surface area contributed by atoms with Gasteiger partial charge in [0.1, 0.15) is 12.1 Å². The molecular formula is C19H19FN4O. The first-order chi connectivity index (χ1) is 12.1. The van der Waals surface area contributed by atoms with Crippen LogP contribution in [0.15, 0.2) is 64.3 Å². The number of nitrogens with two attached hydrogens (primary N) is 2. The number of nitrogens with zero attached hydrogens (tertiary/aromatic N) is 2. The Hall–Kier alpha value is -3.15. The summed E-state index contributed by atoms with van der Waals surface area (Å²) in [7, 11) is 0. The van der Waals surface area contributed by atoms with Gasteiger partial charge in [-0.2, -0.15) is 0 Å². The maximum atomic E-state index is 14.6. The maximum absolute atomic E-state index is 14.6. The Balaban J connectivity index is 1.89. The first-order valence-corrected chi connectivity index (χ1v) is 7.89. The molecule has 0 amide bonds. The first kappa shape index (κ1) is 16.7. The van der Waals surface area contributed by atoms with Crippen LogP contribution in [0.3, 0.4) is 0 Å². The second kappa shape index (κ2) is 7.17. The van der Waals surface area contributed by atoms with E-state index in [0.717, 1.165) is 16.7 Å². The fraction of sp³-hybridized carbons (Fsp3) is 0.158. The van der Waals surface area contributed by atoms with Crippen LogP contribution in [0.5, 0.6) is 0 Å². The van der Waals surface area contributed by atoms with Crippen LogP contribution < -0.4 is 11.5 Å². The number of aromatic nitrogens is 1. The molecule has 0 aliphatic rings. The van der Waals surface area contributed by atoms with E-state index in [4.69, 9.17) is 16.0 Å². The maximum Gasteiger partial charge on any atom is 0.186 e. The molecule has 3 aromatic rings. The minimum absolute atomic E-state index is 0.00179. The Labute approximate surface area is 145 Å². The van der Waals surface area contributed by atoms with Gasteiger partial charge in [0.05, 0.1) is 12.2 Å². The molecule has 1 aromatic heterocycles. The van der Waals surface area contributed by atoms with Gasteiger partial charge in [0.25, 0.3) is 0 Å². The monoisotopic (exact) mass is 338 g/mol. The molecule has 5 nitrogen and oxygen atoms in total. The highest BCUT2D eigenvalue weighted by Crippen LogP contribution is 2.30. The average molecular weight is 338 g/mol. The van der Waals surface area contributed by atoms with E-state index < -0.39 is 0 Å². The van der Waals surface area contributed by atoms with Crippen LogP contribution in [0.25, 0.3) is 11.1 Å². The van der Waals surface area contributed by atoms with Crippen LogP contribution in [0.2, 0.25) is 0 Å². The van der Waals surface area contributed by atoms with Crippen molar-refractivity contribution in [2.45, 2.75) is 19.4 Å². The number of rotatable bonds is 5. The number of benzene rings is 2. The predicted molar refractivity (Wildman–Crippen MR) is 95.4 cm³/mol. The van der Waals surface area contributed by atoms with Crippen molar-refractivity contribution in [3.05, 3.63) is 77.4 Å².